The fourth-order valence-corrected chi connectivity index (χ4v) is 3.94. The molecule has 0 bridgehead atoms. The Morgan fingerprint density at radius 1 is 1.25 bits per heavy atom. The van der Waals surface area contributed by atoms with Crippen molar-refractivity contribution in [3.8, 4) is 0 Å². The van der Waals surface area contributed by atoms with E-state index in [-0.39, 0.29) is 11.9 Å². The van der Waals surface area contributed by atoms with Crippen LogP contribution >= 0.6 is 27.3 Å². The minimum atomic E-state index is -0.144. The van der Waals surface area contributed by atoms with Crippen molar-refractivity contribution >= 4 is 27.3 Å². The van der Waals surface area contributed by atoms with Gasteiger partial charge in [-0.15, -0.1) is 0 Å². The van der Waals surface area contributed by atoms with E-state index in [1.165, 1.54) is 5.56 Å². The molecule has 0 spiro atoms. The maximum Gasteiger partial charge on any atom is 0.129 e. The quantitative estimate of drug-likeness (QED) is 0.904. The molecule has 5 heteroatoms. The van der Waals surface area contributed by atoms with Crippen molar-refractivity contribution in [1.29, 1.82) is 0 Å². The van der Waals surface area contributed by atoms with Crippen LogP contribution in [0.4, 0.5) is 4.39 Å². The van der Waals surface area contributed by atoms with E-state index < -0.39 is 0 Å². The number of hydrogen-bond acceptors (Lipinski definition) is 3. The standard InChI is InChI=1S/C15H16BrFN2S/c16-12-2-1-3-13(17)14(12)15(11-4-9-20-10-11)19-7-5-18-6-8-19/h1-4,9-10,15,18H,5-8H2/t15-/m1/s1. The average molecular weight is 355 g/mol. The Hall–Kier alpha value is -0.750. The molecule has 0 amide bonds. The van der Waals surface area contributed by atoms with Crippen LogP contribution in [0.2, 0.25) is 0 Å². The minimum absolute atomic E-state index is 0.0149. The van der Waals surface area contributed by atoms with Crippen LogP contribution in [0.5, 0.6) is 0 Å². The lowest BCUT2D eigenvalue weighted by Gasteiger charge is -2.35. The van der Waals surface area contributed by atoms with E-state index in [1.54, 1.807) is 23.5 Å². The van der Waals surface area contributed by atoms with E-state index in [4.69, 9.17) is 0 Å². The molecular weight excluding hydrogens is 339 g/mol. The molecule has 3 rings (SSSR count). The number of thiophene rings is 1. The molecule has 0 saturated carbocycles. The molecule has 2 heterocycles. The van der Waals surface area contributed by atoms with E-state index in [2.05, 4.69) is 43.0 Å². The third kappa shape index (κ3) is 2.81. The molecule has 2 nitrogen and oxygen atoms in total. The van der Waals surface area contributed by atoms with Gasteiger partial charge in [0.15, 0.2) is 0 Å². The zero-order valence-electron chi connectivity index (χ0n) is 11.0. The van der Waals surface area contributed by atoms with E-state index in [9.17, 15) is 4.39 Å². The molecule has 106 valence electrons. The normalized spacial score (nSPS) is 18.1. The van der Waals surface area contributed by atoms with Gasteiger partial charge in [-0.3, -0.25) is 4.90 Å². The summed E-state index contributed by atoms with van der Waals surface area (Å²) >= 11 is 5.18. The van der Waals surface area contributed by atoms with E-state index >= 15 is 0 Å². The Balaban J connectivity index is 2.05. The molecule has 1 aromatic heterocycles. The summed E-state index contributed by atoms with van der Waals surface area (Å²) in [5, 5.41) is 7.52. The number of nitrogens with one attached hydrogen (secondary N) is 1. The molecule has 1 atom stereocenters. The second-order valence-corrected chi connectivity index (χ2v) is 6.51. The minimum Gasteiger partial charge on any atom is -0.314 e. The molecule has 2 aromatic rings. The Morgan fingerprint density at radius 3 is 2.70 bits per heavy atom. The zero-order chi connectivity index (χ0) is 13.9. The molecule has 1 aliphatic heterocycles. The Morgan fingerprint density at radius 2 is 2.05 bits per heavy atom. The highest BCUT2D eigenvalue weighted by atomic mass is 79.9. The number of rotatable bonds is 3. The Bertz CT molecular complexity index is 547. The number of hydrogen-bond donors (Lipinski definition) is 1. The topological polar surface area (TPSA) is 15.3 Å². The van der Waals surface area contributed by atoms with Crippen molar-refractivity contribution in [3.05, 3.63) is 56.4 Å². The van der Waals surface area contributed by atoms with Crippen LogP contribution in [-0.2, 0) is 0 Å². The zero-order valence-corrected chi connectivity index (χ0v) is 13.4. The molecule has 1 aliphatic rings. The molecular formula is C15H16BrFN2S. The van der Waals surface area contributed by atoms with Gasteiger partial charge in [0, 0.05) is 36.2 Å². The maximum absolute atomic E-state index is 14.4. The Labute approximate surface area is 130 Å². The van der Waals surface area contributed by atoms with Gasteiger partial charge in [0.05, 0.1) is 6.04 Å². The van der Waals surface area contributed by atoms with Crippen molar-refractivity contribution in [2.45, 2.75) is 6.04 Å². The SMILES string of the molecule is Fc1cccc(Br)c1[C@@H](c1ccsc1)N1CCNCC1. The molecule has 0 aliphatic carbocycles. The summed E-state index contributed by atoms with van der Waals surface area (Å²) in [7, 11) is 0. The summed E-state index contributed by atoms with van der Waals surface area (Å²) in [4.78, 5) is 2.35. The predicted octanol–water partition coefficient (Wildman–Crippen LogP) is 3.64. The smallest absolute Gasteiger partial charge is 0.129 e. The largest absolute Gasteiger partial charge is 0.314 e. The lowest BCUT2D eigenvalue weighted by molar-refractivity contribution is 0.195. The summed E-state index contributed by atoms with van der Waals surface area (Å²) in [5.41, 5.74) is 1.91. The molecule has 0 radical (unpaired) electrons. The first kappa shape index (κ1) is 14.2. The van der Waals surface area contributed by atoms with Crippen LogP contribution in [0.15, 0.2) is 39.5 Å². The van der Waals surface area contributed by atoms with Crippen LogP contribution in [-0.4, -0.2) is 31.1 Å². The van der Waals surface area contributed by atoms with E-state index in [0.29, 0.717) is 0 Å². The summed E-state index contributed by atoms with van der Waals surface area (Å²) in [6, 6.07) is 7.28. The average Bonchev–Trinajstić information content (AvgIpc) is 2.98. The number of piperazine rings is 1. The van der Waals surface area contributed by atoms with Gasteiger partial charge in [-0.05, 0) is 34.5 Å². The molecule has 1 N–H and O–H groups in total. The first-order valence-electron chi connectivity index (χ1n) is 6.68. The third-order valence-electron chi connectivity index (χ3n) is 3.65. The fourth-order valence-electron chi connectivity index (χ4n) is 2.70. The summed E-state index contributed by atoms with van der Waals surface area (Å²) < 4.78 is 15.2. The van der Waals surface area contributed by atoms with Crippen LogP contribution < -0.4 is 5.32 Å². The van der Waals surface area contributed by atoms with Crippen molar-refractivity contribution in [2.75, 3.05) is 26.2 Å². The van der Waals surface area contributed by atoms with Gasteiger partial charge in [0.2, 0.25) is 0 Å². The van der Waals surface area contributed by atoms with Crippen molar-refractivity contribution in [1.82, 2.24) is 10.2 Å². The van der Waals surface area contributed by atoms with E-state index in [1.807, 2.05) is 6.07 Å². The Kier molecular flexibility index (Phi) is 4.51. The molecule has 1 aromatic carbocycles. The van der Waals surface area contributed by atoms with Crippen molar-refractivity contribution in [3.63, 3.8) is 0 Å². The molecule has 20 heavy (non-hydrogen) atoms. The summed E-state index contributed by atoms with van der Waals surface area (Å²) in [6.45, 7) is 3.77. The highest BCUT2D eigenvalue weighted by molar-refractivity contribution is 9.10. The second kappa shape index (κ2) is 6.35. The van der Waals surface area contributed by atoms with E-state index in [0.717, 1.165) is 36.2 Å². The monoisotopic (exact) mass is 354 g/mol. The summed E-state index contributed by atoms with van der Waals surface area (Å²) in [6.07, 6.45) is 0. The van der Waals surface area contributed by atoms with Crippen LogP contribution in [0.3, 0.4) is 0 Å². The fraction of sp³-hybridized carbons (Fsp3) is 0.333. The van der Waals surface area contributed by atoms with Gasteiger partial charge in [0.25, 0.3) is 0 Å². The van der Waals surface area contributed by atoms with Gasteiger partial charge >= 0.3 is 0 Å². The lowest BCUT2D eigenvalue weighted by atomic mass is 9.98. The molecule has 0 unspecified atom stereocenters. The van der Waals surface area contributed by atoms with Gasteiger partial charge in [-0.1, -0.05) is 22.0 Å². The highest BCUT2D eigenvalue weighted by Crippen LogP contribution is 2.36. The number of halogens is 2. The maximum atomic E-state index is 14.4. The van der Waals surface area contributed by atoms with Gasteiger partial charge in [0.1, 0.15) is 5.82 Å². The van der Waals surface area contributed by atoms with Crippen LogP contribution in [0, 0.1) is 5.82 Å². The van der Waals surface area contributed by atoms with Crippen molar-refractivity contribution < 1.29 is 4.39 Å². The molecule has 1 saturated heterocycles. The van der Waals surface area contributed by atoms with Crippen molar-refractivity contribution in [2.24, 2.45) is 0 Å². The highest BCUT2D eigenvalue weighted by Gasteiger charge is 2.28. The van der Waals surface area contributed by atoms with Gasteiger partial charge in [-0.25, -0.2) is 4.39 Å². The first-order chi connectivity index (χ1) is 9.77. The predicted molar refractivity (Wildman–Crippen MR) is 84.7 cm³/mol. The number of benzene rings is 1. The lowest BCUT2D eigenvalue weighted by Crippen LogP contribution is -2.45. The number of nitrogens with zero attached hydrogens (tertiary/aromatic N) is 1. The van der Waals surface area contributed by atoms with Crippen LogP contribution in [0.25, 0.3) is 0 Å². The van der Waals surface area contributed by atoms with Crippen LogP contribution in [0.1, 0.15) is 17.2 Å². The first-order valence-corrected chi connectivity index (χ1v) is 8.41. The van der Waals surface area contributed by atoms with Gasteiger partial charge < -0.3 is 5.32 Å². The second-order valence-electron chi connectivity index (χ2n) is 4.88. The van der Waals surface area contributed by atoms with Gasteiger partial charge in [-0.2, -0.15) is 11.3 Å². The molecule has 1 fully saturated rings. The third-order valence-corrected chi connectivity index (χ3v) is 5.04. The summed E-state index contributed by atoms with van der Waals surface area (Å²) in [5.74, 6) is -0.144.